The summed E-state index contributed by atoms with van der Waals surface area (Å²) in [6.07, 6.45) is 0. The van der Waals surface area contributed by atoms with Crippen molar-refractivity contribution < 1.29 is 28.1 Å². The Morgan fingerprint density at radius 3 is 2.54 bits per heavy atom. The van der Waals surface area contributed by atoms with E-state index in [2.05, 4.69) is 10.2 Å². The largest absolute Gasteiger partial charge is 0.493 e. The summed E-state index contributed by atoms with van der Waals surface area (Å²) in [6.45, 7) is 3.39. The molecule has 1 saturated heterocycles. The zero-order chi connectivity index (χ0) is 24.6. The van der Waals surface area contributed by atoms with Crippen LogP contribution in [0.4, 0.5) is 15.8 Å². The van der Waals surface area contributed by atoms with Gasteiger partial charge in [0.15, 0.2) is 11.5 Å². The normalized spacial score (nSPS) is 13.3. The van der Waals surface area contributed by atoms with E-state index >= 15 is 0 Å². The van der Waals surface area contributed by atoms with E-state index in [4.69, 9.17) is 18.9 Å². The molecule has 0 bridgehead atoms. The van der Waals surface area contributed by atoms with Gasteiger partial charge in [0.2, 0.25) is 0 Å². The smallest absolute Gasteiger partial charge is 0.340 e. The van der Waals surface area contributed by atoms with Gasteiger partial charge in [0.05, 0.1) is 38.7 Å². The molecule has 1 aliphatic rings. The fourth-order valence-corrected chi connectivity index (χ4v) is 3.96. The number of nitrogens with one attached hydrogen (secondary N) is 1. The minimum Gasteiger partial charge on any atom is -0.493 e. The highest BCUT2D eigenvalue weighted by Crippen LogP contribution is 2.33. The summed E-state index contributed by atoms with van der Waals surface area (Å²) in [5, 5.41) is 3.37. The van der Waals surface area contributed by atoms with Crippen LogP contribution in [0.15, 0.2) is 60.7 Å². The SMILES string of the molecule is COC(=O)c1cc(NCc2cccc(OC)c2OCc2ccc(F)cc2)ccc1N1CCOCC1. The molecule has 0 unspecified atom stereocenters. The van der Waals surface area contributed by atoms with Gasteiger partial charge in [-0.05, 0) is 42.0 Å². The lowest BCUT2D eigenvalue weighted by atomic mass is 10.1. The third-order valence-electron chi connectivity index (χ3n) is 5.81. The quantitative estimate of drug-likeness (QED) is 0.447. The van der Waals surface area contributed by atoms with Crippen LogP contribution in [0.2, 0.25) is 0 Å². The summed E-state index contributed by atoms with van der Waals surface area (Å²) >= 11 is 0. The molecular weight excluding hydrogens is 451 g/mol. The van der Waals surface area contributed by atoms with E-state index in [9.17, 15) is 9.18 Å². The van der Waals surface area contributed by atoms with Crippen molar-refractivity contribution in [2.45, 2.75) is 13.2 Å². The minimum atomic E-state index is -0.389. The molecule has 1 aliphatic heterocycles. The van der Waals surface area contributed by atoms with Crippen molar-refractivity contribution in [3.05, 3.63) is 83.2 Å². The number of halogens is 1. The van der Waals surface area contributed by atoms with Gasteiger partial charge < -0.3 is 29.2 Å². The maximum atomic E-state index is 13.2. The van der Waals surface area contributed by atoms with Crippen molar-refractivity contribution in [1.29, 1.82) is 0 Å². The lowest BCUT2D eigenvalue weighted by Crippen LogP contribution is -2.37. The molecule has 4 rings (SSSR count). The number of para-hydroxylation sites is 1. The number of hydrogen-bond donors (Lipinski definition) is 1. The van der Waals surface area contributed by atoms with Crippen LogP contribution in [0.5, 0.6) is 11.5 Å². The number of esters is 1. The molecule has 3 aromatic rings. The molecule has 1 fully saturated rings. The molecular formula is C27H29FN2O5. The predicted molar refractivity (Wildman–Crippen MR) is 132 cm³/mol. The van der Waals surface area contributed by atoms with Crippen LogP contribution in [0.1, 0.15) is 21.5 Å². The van der Waals surface area contributed by atoms with E-state index in [1.165, 1.54) is 19.2 Å². The van der Waals surface area contributed by atoms with E-state index in [1.54, 1.807) is 25.3 Å². The average molecular weight is 481 g/mol. The van der Waals surface area contributed by atoms with Crippen LogP contribution in [-0.2, 0) is 22.6 Å². The van der Waals surface area contributed by atoms with Crippen LogP contribution in [-0.4, -0.2) is 46.5 Å². The van der Waals surface area contributed by atoms with Gasteiger partial charge in [-0.3, -0.25) is 0 Å². The van der Waals surface area contributed by atoms with Crippen molar-refractivity contribution in [1.82, 2.24) is 0 Å². The lowest BCUT2D eigenvalue weighted by Gasteiger charge is -2.30. The second-order valence-corrected chi connectivity index (χ2v) is 8.04. The van der Waals surface area contributed by atoms with Gasteiger partial charge in [0, 0.05) is 30.9 Å². The fourth-order valence-electron chi connectivity index (χ4n) is 3.96. The Bertz CT molecular complexity index is 1150. The van der Waals surface area contributed by atoms with Crippen molar-refractivity contribution in [3.8, 4) is 11.5 Å². The molecule has 0 radical (unpaired) electrons. The van der Waals surface area contributed by atoms with Gasteiger partial charge in [-0.25, -0.2) is 9.18 Å². The van der Waals surface area contributed by atoms with Crippen LogP contribution < -0.4 is 19.7 Å². The van der Waals surface area contributed by atoms with E-state index < -0.39 is 0 Å². The number of methoxy groups -OCH3 is 2. The number of rotatable bonds is 9. The molecule has 0 aliphatic carbocycles. The third-order valence-corrected chi connectivity index (χ3v) is 5.81. The van der Waals surface area contributed by atoms with E-state index in [0.29, 0.717) is 36.8 Å². The Labute approximate surface area is 204 Å². The molecule has 184 valence electrons. The first-order valence-electron chi connectivity index (χ1n) is 11.4. The van der Waals surface area contributed by atoms with Gasteiger partial charge in [-0.1, -0.05) is 24.3 Å². The number of benzene rings is 3. The first-order valence-corrected chi connectivity index (χ1v) is 11.4. The summed E-state index contributed by atoms with van der Waals surface area (Å²) in [5.41, 5.74) is 3.82. The van der Waals surface area contributed by atoms with E-state index in [1.807, 2.05) is 30.3 Å². The molecule has 0 atom stereocenters. The highest BCUT2D eigenvalue weighted by Gasteiger charge is 2.20. The van der Waals surface area contributed by atoms with Crippen LogP contribution in [0, 0.1) is 5.82 Å². The minimum absolute atomic E-state index is 0.272. The lowest BCUT2D eigenvalue weighted by molar-refractivity contribution is 0.0600. The highest BCUT2D eigenvalue weighted by molar-refractivity contribution is 5.97. The van der Waals surface area contributed by atoms with E-state index in [-0.39, 0.29) is 18.4 Å². The van der Waals surface area contributed by atoms with Crippen molar-refractivity contribution in [2.75, 3.05) is 50.7 Å². The maximum absolute atomic E-state index is 13.2. The third kappa shape index (κ3) is 6.02. The topological polar surface area (TPSA) is 69.3 Å². The summed E-state index contributed by atoms with van der Waals surface area (Å²) in [6, 6.07) is 17.5. The Hall–Kier alpha value is -3.78. The highest BCUT2D eigenvalue weighted by atomic mass is 19.1. The number of nitrogens with zero attached hydrogens (tertiary/aromatic N) is 1. The second-order valence-electron chi connectivity index (χ2n) is 8.04. The van der Waals surface area contributed by atoms with Crippen LogP contribution in [0.25, 0.3) is 0 Å². The maximum Gasteiger partial charge on any atom is 0.340 e. The van der Waals surface area contributed by atoms with Gasteiger partial charge >= 0.3 is 5.97 Å². The molecule has 3 aromatic carbocycles. The first-order chi connectivity index (χ1) is 17.1. The molecule has 8 heteroatoms. The van der Waals surface area contributed by atoms with Gasteiger partial charge in [0.25, 0.3) is 0 Å². The number of carbonyl (C=O) groups excluding carboxylic acids is 1. The van der Waals surface area contributed by atoms with Gasteiger partial charge in [-0.2, -0.15) is 0 Å². The zero-order valence-corrected chi connectivity index (χ0v) is 19.9. The Kier molecular flexibility index (Phi) is 8.05. The number of carbonyl (C=O) groups is 1. The molecule has 35 heavy (non-hydrogen) atoms. The standard InChI is InChI=1S/C27H29FN2O5/c1-32-25-5-3-4-20(26(25)35-18-19-6-8-21(28)9-7-19)17-29-22-10-11-24(23(16-22)27(31)33-2)30-12-14-34-15-13-30/h3-11,16,29H,12-15,17-18H2,1-2H3. The summed E-state index contributed by atoms with van der Waals surface area (Å²) in [4.78, 5) is 14.6. The zero-order valence-electron chi connectivity index (χ0n) is 19.9. The van der Waals surface area contributed by atoms with Crippen molar-refractivity contribution in [2.24, 2.45) is 0 Å². The summed E-state index contributed by atoms with van der Waals surface area (Å²) in [7, 11) is 2.97. The van der Waals surface area contributed by atoms with Gasteiger partial charge in [-0.15, -0.1) is 0 Å². The summed E-state index contributed by atoms with van der Waals surface area (Å²) < 4.78 is 35.3. The number of ether oxygens (including phenoxy) is 4. The molecule has 0 amide bonds. The molecule has 0 spiro atoms. The second kappa shape index (κ2) is 11.6. The summed E-state index contributed by atoms with van der Waals surface area (Å²) in [5.74, 6) is 0.524. The van der Waals surface area contributed by atoms with Crippen molar-refractivity contribution in [3.63, 3.8) is 0 Å². The monoisotopic (exact) mass is 480 g/mol. The number of morpholine rings is 1. The Balaban J connectivity index is 1.52. The Morgan fingerprint density at radius 1 is 1.06 bits per heavy atom. The van der Waals surface area contributed by atoms with Crippen LogP contribution in [0.3, 0.4) is 0 Å². The molecule has 0 aromatic heterocycles. The fraction of sp³-hybridized carbons (Fsp3) is 0.296. The van der Waals surface area contributed by atoms with Crippen molar-refractivity contribution >= 4 is 17.3 Å². The van der Waals surface area contributed by atoms with E-state index in [0.717, 1.165) is 35.6 Å². The van der Waals surface area contributed by atoms with Crippen LogP contribution >= 0.6 is 0 Å². The molecule has 1 heterocycles. The first kappa shape index (κ1) is 24.3. The number of hydrogen-bond acceptors (Lipinski definition) is 7. The van der Waals surface area contributed by atoms with Gasteiger partial charge in [0.1, 0.15) is 12.4 Å². The molecule has 1 N–H and O–H groups in total. The molecule has 7 nitrogen and oxygen atoms in total. The molecule has 0 saturated carbocycles. The predicted octanol–water partition coefficient (Wildman–Crippen LogP) is 4.65. The number of anilines is 2. The average Bonchev–Trinajstić information content (AvgIpc) is 2.91. The Morgan fingerprint density at radius 2 is 1.83 bits per heavy atom.